The van der Waals surface area contributed by atoms with Gasteiger partial charge in [-0.3, -0.25) is 4.79 Å². The number of carboxylic acid groups (broad SMARTS) is 1. The van der Waals surface area contributed by atoms with Crippen LogP contribution in [0.5, 0.6) is 0 Å². The summed E-state index contributed by atoms with van der Waals surface area (Å²) in [5.74, 6) is -1.65. The van der Waals surface area contributed by atoms with E-state index in [9.17, 15) is 14.7 Å². The molecule has 0 spiro atoms. The first-order chi connectivity index (χ1) is 9.69. The van der Waals surface area contributed by atoms with Gasteiger partial charge in [-0.15, -0.1) is 0 Å². The van der Waals surface area contributed by atoms with E-state index in [4.69, 9.17) is 4.74 Å². The molecule has 0 aliphatic rings. The van der Waals surface area contributed by atoms with Gasteiger partial charge in [-0.25, -0.2) is 4.79 Å². The van der Waals surface area contributed by atoms with Gasteiger partial charge < -0.3 is 15.2 Å². The molecule has 21 heavy (non-hydrogen) atoms. The van der Waals surface area contributed by atoms with Crippen LogP contribution in [0.25, 0.3) is 0 Å². The Bertz CT molecular complexity index is 479. The van der Waals surface area contributed by atoms with E-state index in [0.29, 0.717) is 6.42 Å². The third-order valence-electron chi connectivity index (χ3n) is 2.96. The largest absolute Gasteiger partial charge is 0.481 e. The number of benzene rings is 1. The summed E-state index contributed by atoms with van der Waals surface area (Å²) < 4.78 is 5.15. The van der Waals surface area contributed by atoms with Crippen molar-refractivity contribution in [1.29, 1.82) is 0 Å². The fourth-order valence-corrected chi connectivity index (χ4v) is 1.94. The van der Waals surface area contributed by atoms with Crippen molar-refractivity contribution in [2.45, 2.75) is 45.8 Å². The molecule has 0 unspecified atom stereocenters. The van der Waals surface area contributed by atoms with Crippen LogP contribution in [0.1, 0.15) is 33.3 Å². The van der Waals surface area contributed by atoms with E-state index >= 15 is 0 Å². The van der Waals surface area contributed by atoms with E-state index in [1.54, 1.807) is 27.7 Å². The number of carbonyl (C=O) groups excluding carboxylic acids is 1. The molecule has 1 rings (SSSR count). The lowest BCUT2D eigenvalue weighted by Gasteiger charge is -2.25. The van der Waals surface area contributed by atoms with Gasteiger partial charge in [0.2, 0.25) is 0 Å². The smallest absolute Gasteiger partial charge is 0.407 e. The molecule has 5 heteroatoms. The molecule has 1 aromatic carbocycles. The number of aliphatic carboxylic acids is 1. The van der Waals surface area contributed by atoms with E-state index in [2.05, 4.69) is 5.32 Å². The number of nitrogens with one attached hydrogen (secondary N) is 1. The van der Waals surface area contributed by atoms with Gasteiger partial charge in [0.25, 0.3) is 0 Å². The summed E-state index contributed by atoms with van der Waals surface area (Å²) in [6.07, 6.45) is -0.248. The molecular weight excluding hydrogens is 270 g/mol. The highest BCUT2D eigenvalue weighted by Gasteiger charge is 2.27. The predicted molar refractivity (Wildman–Crippen MR) is 80.1 cm³/mol. The Balaban J connectivity index is 2.68. The highest BCUT2D eigenvalue weighted by Crippen LogP contribution is 2.14. The highest BCUT2D eigenvalue weighted by atomic mass is 16.6. The van der Waals surface area contributed by atoms with Gasteiger partial charge in [-0.05, 0) is 39.7 Å². The quantitative estimate of drug-likeness (QED) is 0.875. The van der Waals surface area contributed by atoms with Crippen molar-refractivity contribution in [2.75, 3.05) is 0 Å². The molecule has 2 atom stereocenters. The maximum atomic E-state index is 11.7. The average Bonchev–Trinajstić information content (AvgIpc) is 2.34. The molecule has 0 heterocycles. The Morgan fingerprint density at radius 3 is 2.29 bits per heavy atom. The second-order valence-electron chi connectivity index (χ2n) is 6.07. The first-order valence-electron chi connectivity index (χ1n) is 6.95. The van der Waals surface area contributed by atoms with E-state index in [-0.39, 0.29) is 0 Å². The van der Waals surface area contributed by atoms with Crippen LogP contribution in [0.2, 0.25) is 0 Å². The first kappa shape index (κ1) is 17.0. The molecule has 1 aromatic rings. The summed E-state index contributed by atoms with van der Waals surface area (Å²) in [4.78, 5) is 23.1. The van der Waals surface area contributed by atoms with E-state index < -0.39 is 29.6 Å². The Morgan fingerprint density at radius 2 is 1.81 bits per heavy atom. The van der Waals surface area contributed by atoms with E-state index in [1.165, 1.54) is 0 Å². The molecule has 2 N–H and O–H groups in total. The van der Waals surface area contributed by atoms with E-state index in [1.807, 2.05) is 30.3 Å². The van der Waals surface area contributed by atoms with Gasteiger partial charge in [-0.2, -0.15) is 0 Å². The number of amides is 1. The van der Waals surface area contributed by atoms with Crippen molar-refractivity contribution in [3.05, 3.63) is 35.9 Å². The van der Waals surface area contributed by atoms with Crippen LogP contribution < -0.4 is 5.32 Å². The normalized spacial score (nSPS) is 14.1. The molecule has 0 bridgehead atoms. The van der Waals surface area contributed by atoms with Gasteiger partial charge in [0, 0.05) is 6.04 Å². The topological polar surface area (TPSA) is 75.6 Å². The van der Waals surface area contributed by atoms with Crippen molar-refractivity contribution in [3.63, 3.8) is 0 Å². The molecule has 5 nitrogen and oxygen atoms in total. The zero-order valence-corrected chi connectivity index (χ0v) is 12.9. The van der Waals surface area contributed by atoms with Crippen LogP contribution in [0.15, 0.2) is 30.3 Å². The predicted octanol–water partition coefficient (Wildman–Crippen LogP) is 2.84. The average molecular weight is 293 g/mol. The minimum atomic E-state index is -0.942. The number of hydrogen-bond donors (Lipinski definition) is 2. The number of alkyl carbamates (subject to hydrolysis) is 1. The third kappa shape index (κ3) is 6.29. The molecule has 116 valence electrons. The van der Waals surface area contributed by atoms with Gasteiger partial charge in [0.05, 0.1) is 5.92 Å². The highest BCUT2D eigenvalue weighted by molar-refractivity contribution is 5.74. The van der Waals surface area contributed by atoms with Crippen molar-refractivity contribution in [2.24, 2.45) is 5.92 Å². The van der Waals surface area contributed by atoms with Gasteiger partial charge >= 0.3 is 12.1 Å². The molecule has 0 fully saturated rings. The molecule has 0 aromatic heterocycles. The lowest BCUT2D eigenvalue weighted by atomic mass is 9.93. The first-order valence-corrected chi connectivity index (χ1v) is 6.95. The van der Waals surface area contributed by atoms with Gasteiger partial charge in [0.1, 0.15) is 5.60 Å². The summed E-state index contributed by atoms with van der Waals surface area (Å²) >= 11 is 0. The fourth-order valence-electron chi connectivity index (χ4n) is 1.94. The third-order valence-corrected chi connectivity index (χ3v) is 2.96. The van der Waals surface area contributed by atoms with Crippen molar-refractivity contribution < 1.29 is 19.4 Å². The Morgan fingerprint density at radius 1 is 1.24 bits per heavy atom. The molecule has 0 radical (unpaired) electrons. The molecule has 0 saturated carbocycles. The summed E-state index contributed by atoms with van der Waals surface area (Å²) in [5.41, 5.74) is 0.310. The standard InChI is InChI=1S/C16H23NO4/c1-11(17-15(20)21-16(2,3)4)13(14(18)19)10-12-8-6-5-7-9-12/h5-9,11,13H,10H2,1-4H3,(H,17,20)(H,18,19)/t11-,13-/m0/s1. The number of ether oxygens (including phenoxy) is 1. The lowest BCUT2D eigenvalue weighted by Crippen LogP contribution is -2.44. The van der Waals surface area contributed by atoms with E-state index in [0.717, 1.165) is 5.56 Å². The number of hydrogen-bond acceptors (Lipinski definition) is 3. The van der Waals surface area contributed by atoms with Crippen LogP contribution in [-0.2, 0) is 16.0 Å². The maximum Gasteiger partial charge on any atom is 0.407 e. The zero-order chi connectivity index (χ0) is 16.0. The van der Waals surface area contributed by atoms with Crippen molar-refractivity contribution in [3.8, 4) is 0 Å². The molecule has 0 aliphatic heterocycles. The maximum absolute atomic E-state index is 11.7. The lowest BCUT2D eigenvalue weighted by molar-refractivity contribution is -0.142. The molecular formula is C16H23NO4. The second kappa shape index (κ2) is 7.11. The summed E-state index contributed by atoms with van der Waals surface area (Å²) in [6.45, 7) is 6.95. The number of rotatable bonds is 5. The van der Waals surface area contributed by atoms with Crippen LogP contribution in [0, 0.1) is 5.92 Å². The Kier molecular flexibility index (Phi) is 5.76. The monoisotopic (exact) mass is 293 g/mol. The minimum absolute atomic E-state index is 0.354. The number of carbonyl (C=O) groups is 2. The molecule has 1 amide bonds. The molecule has 0 saturated heterocycles. The van der Waals surface area contributed by atoms with Crippen LogP contribution in [0.4, 0.5) is 4.79 Å². The van der Waals surface area contributed by atoms with Crippen LogP contribution >= 0.6 is 0 Å². The fraction of sp³-hybridized carbons (Fsp3) is 0.500. The minimum Gasteiger partial charge on any atom is -0.481 e. The van der Waals surface area contributed by atoms with Gasteiger partial charge in [-0.1, -0.05) is 30.3 Å². The summed E-state index contributed by atoms with van der Waals surface area (Å²) in [6, 6.07) is 8.81. The van der Waals surface area contributed by atoms with Crippen molar-refractivity contribution >= 4 is 12.1 Å². The van der Waals surface area contributed by atoms with Gasteiger partial charge in [0.15, 0.2) is 0 Å². The molecule has 0 aliphatic carbocycles. The number of carboxylic acids is 1. The zero-order valence-electron chi connectivity index (χ0n) is 12.9. The summed E-state index contributed by atoms with van der Waals surface area (Å²) in [7, 11) is 0. The summed E-state index contributed by atoms with van der Waals surface area (Å²) in [5, 5.41) is 12.0. The van der Waals surface area contributed by atoms with Crippen molar-refractivity contribution in [1.82, 2.24) is 5.32 Å². The van der Waals surface area contributed by atoms with Crippen LogP contribution in [0.3, 0.4) is 0 Å². The second-order valence-corrected chi connectivity index (χ2v) is 6.07. The SMILES string of the molecule is C[C@H](NC(=O)OC(C)(C)C)[C@H](Cc1ccccc1)C(=O)O. The Labute approximate surface area is 125 Å². The Hall–Kier alpha value is -2.04. The van der Waals surface area contributed by atoms with Crippen LogP contribution in [-0.4, -0.2) is 28.8 Å².